The molecule has 0 aromatic heterocycles. The summed E-state index contributed by atoms with van der Waals surface area (Å²) in [5.74, 6) is 0.991. The standard InChI is InChI=1S/C16H16N2OS/c17-11-12-5-7-13(8-6-12)16(19)18-9-10-20-15-4-2-1-3-14(15)18/h1-8H,9-11,17H2. The van der Waals surface area contributed by atoms with E-state index in [0.29, 0.717) is 12.1 Å². The van der Waals surface area contributed by atoms with E-state index in [1.807, 2.05) is 47.4 Å². The highest BCUT2D eigenvalue weighted by Gasteiger charge is 2.23. The van der Waals surface area contributed by atoms with Crippen LogP contribution >= 0.6 is 11.8 Å². The van der Waals surface area contributed by atoms with Gasteiger partial charge in [0.05, 0.1) is 5.69 Å². The first-order valence-corrected chi connectivity index (χ1v) is 7.61. The minimum Gasteiger partial charge on any atom is -0.326 e. The van der Waals surface area contributed by atoms with Crippen molar-refractivity contribution in [3.63, 3.8) is 0 Å². The first kappa shape index (κ1) is 13.2. The van der Waals surface area contributed by atoms with Crippen LogP contribution in [0.2, 0.25) is 0 Å². The average molecular weight is 284 g/mol. The molecule has 0 spiro atoms. The van der Waals surface area contributed by atoms with Gasteiger partial charge in [0, 0.05) is 29.3 Å². The number of carbonyl (C=O) groups excluding carboxylic acids is 1. The number of amides is 1. The molecule has 0 radical (unpaired) electrons. The molecule has 3 rings (SSSR count). The number of hydrogen-bond donors (Lipinski definition) is 1. The maximum absolute atomic E-state index is 12.6. The molecule has 0 saturated heterocycles. The summed E-state index contributed by atoms with van der Waals surface area (Å²) in [6.45, 7) is 1.25. The molecule has 1 amide bonds. The van der Waals surface area contributed by atoms with Gasteiger partial charge in [0.25, 0.3) is 5.91 Å². The minimum absolute atomic E-state index is 0.0568. The fraction of sp³-hybridized carbons (Fsp3) is 0.188. The quantitative estimate of drug-likeness (QED) is 0.922. The molecule has 0 saturated carbocycles. The van der Waals surface area contributed by atoms with Gasteiger partial charge >= 0.3 is 0 Å². The number of carbonyl (C=O) groups is 1. The van der Waals surface area contributed by atoms with Crippen molar-refractivity contribution < 1.29 is 4.79 Å². The molecule has 2 N–H and O–H groups in total. The highest BCUT2D eigenvalue weighted by molar-refractivity contribution is 7.99. The van der Waals surface area contributed by atoms with E-state index < -0.39 is 0 Å². The second-order valence-electron chi connectivity index (χ2n) is 4.67. The number of para-hydroxylation sites is 1. The Balaban J connectivity index is 1.91. The maximum Gasteiger partial charge on any atom is 0.258 e. The Labute approximate surface area is 122 Å². The van der Waals surface area contributed by atoms with Gasteiger partial charge in [-0.05, 0) is 29.8 Å². The second kappa shape index (κ2) is 5.69. The number of fused-ring (bicyclic) bond motifs is 1. The normalized spacial score (nSPS) is 13.9. The van der Waals surface area contributed by atoms with Gasteiger partial charge in [-0.1, -0.05) is 24.3 Å². The average Bonchev–Trinajstić information content (AvgIpc) is 2.54. The predicted octanol–water partition coefficient (Wildman–Crippen LogP) is 2.90. The molecule has 1 aliphatic heterocycles. The zero-order chi connectivity index (χ0) is 13.9. The van der Waals surface area contributed by atoms with Crippen LogP contribution in [0.4, 0.5) is 5.69 Å². The molecule has 102 valence electrons. The Hall–Kier alpha value is -1.78. The number of thioether (sulfide) groups is 1. The predicted molar refractivity (Wildman–Crippen MR) is 83.2 cm³/mol. The smallest absolute Gasteiger partial charge is 0.258 e. The lowest BCUT2D eigenvalue weighted by atomic mass is 10.1. The molecule has 4 heteroatoms. The van der Waals surface area contributed by atoms with Crippen LogP contribution in [0.1, 0.15) is 15.9 Å². The zero-order valence-corrected chi connectivity index (χ0v) is 11.9. The van der Waals surface area contributed by atoms with Gasteiger partial charge in [-0.25, -0.2) is 0 Å². The Morgan fingerprint density at radius 2 is 1.90 bits per heavy atom. The Kier molecular flexibility index (Phi) is 3.76. The van der Waals surface area contributed by atoms with E-state index in [9.17, 15) is 4.79 Å². The van der Waals surface area contributed by atoms with Crippen LogP contribution in [0.3, 0.4) is 0 Å². The van der Waals surface area contributed by atoms with E-state index in [-0.39, 0.29) is 5.91 Å². The first-order chi connectivity index (χ1) is 9.79. The van der Waals surface area contributed by atoms with Crippen LogP contribution in [-0.2, 0) is 6.54 Å². The SMILES string of the molecule is NCc1ccc(C(=O)N2CCSc3ccccc32)cc1. The van der Waals surface area contributed by atoms with Crippen LogP contribution in [0.5, 0.6) is 0 Å². The van der Waals surface area contributed by atoms with E-state index in [1.54, 1.807) is 11.8 Å². The molecule has 2 aromatic carbocycles. The summed E-state index contributed by atoms with van der Waals surface area (Å²) in [5.41, 5.74) is 8.34. The Morgan fingerprint density at radius 3 is 2.65 bits per heavy atom. The van der Waals surface area contributed by atoms with Gasteiger partial charge in [-0.15, -0.1) is 11.8 Å². The fourth-order valence-electron chi connectivity index (χ4n) is 2.32. The maximum atomic E-state index is 12.6. The minimum atomic E-state index is 0.0568. The highest BCUT2D eigenvalue weighted by atomic mass is 32.2. The third kappa shape index (κ3) is 2.44. The number of benzene rings is 2. The fourth-order valence-corrected chi connectivity index (χ4v) is 3.31. The van der Waals surface area contributed by atoms with Crippen LogP contribution in [0.15, 0.2) is 53.4 Å². The topological polar surface area (TPSA) is 46.3 Å². The van der Waals surface area contributed by atoms with Crippen molar-refractivity contribution in [3.8, 4) is 0 Å². The second-order valence-corrected chi connectivity index (χ2v) is 5.81. The molecular formula is C16H16N2OS. The van der Waals surface area contributed by atoms with E-state index >= 15 is 0 Å². The summed E-state index contributed by atoms with van der Waals surface area (Å²) >= 11 is 1.80. The van der Waals surface area contributed by atoms with Gasteiger partial charge in [-0.3, -0.25) is 4.79 Å². The lowest BCUT2D eigenvalue weighted by molar-refractivity contribution is 0.0987. The third-order valence-electron chi connectivity index (χ3n) is 3.41. The number of anilines is 1. The van der Waals surface area contributed by atoms with Crippen molar-refractivity contribution >= 4 is 23.4 Å². The number of nitrogens with two attached hydrogens (primary N) is 1. The van der Waals surface area contributed by atoms with Gasteiger partial charge < -0.3 is 10.6 Å². The summed E-state index contributed by atoms with van der Waals surface area (Å²) in [7, 11) is 0. The summed E-state index contributed by atoms with van der Waals surface area (Å²) in [5, 5.41) is 0. The van der Waals surface area contributed by atoms with E-state index in [0.717, 1.165) is 23.5 Å². The molecule has 0 atom stereocenters. The molecule has 0 aliphatic carbocycles. The number of nitrogens with zero attached hydrogens (tertiary/aromatic N) is 1. The number of hydrogen-bond acceptors (Lipinski definition) is 3. The van der Waals surface area contributed by atoms with Crippen molar-refractivity contribution in [3.05, 3.63) is 59.7 Å². The molecule has 0 unspecified atom stereocenters. The molecule has 1 aliphatic rings. The molecule has 1 heterocycles. The van der Waals surface area contributed by atoms with E-state index in [2.05, 4.69) is 6.07 Å². The Morgan fingerprint density at radius 1 is 1.15 bits per heavy atom. The molecule has 2 aromatic rings. The lowest BCUT2D eigenvalue weighted by Crippen LogP contribution is -2.35. The van der Waals surface area contributed by atoms with Crippen molar-refractivity contribution in [2.75, 3.05) is 17.2 Å². The first-order valence-electron chi connectivity index (χ1n) is 6.62. The molecule has 20 heavy (non-hydrogen) atoms. The molecule has 0 fully saturated rings. The number of rotatable bonds is 2. The van der Waals surface area contributed by atoms with E-state index in [1.165, 1.54) is 4.90 Å². The highest BCUT2D eigenvalue weighted by Crippen LogP contribution is 2.35. The summed E-state index contributed by atoms with van der Waals surface area (Å²) < 4.78 is 0. The molecule has 0 bridgehead atoms. The largest absolute Gasteiger partial charge is 0.326 e. The van der Waals surface area contributed by atoms with E-state index in [4.69, 9.17) is 5.73 Å². The van der Waals surface area contributed by atoms with Gasteiger partial charge in [-0.2, -0.15) is 0 Å². The third-order valence-corrected chi connectivity index (χ3v) is 4.45. The lowest BCUT2D eigenvalue weighted by Gasteiger charge is -2.29. The van der Waals surface area contributed by atoms with Crippen molar-refractivity contribution in [1.29, 1.82) is 0 Å². The summed E-state index contributed by atoms with van der Waals surface area (Å²) in [4.78, 5) is 15.7. The van der Waals surface area contributed by atoms with Crippen LogP contribution in [0.25, 0.3) is 0 Å². The van der Waals surface area contributed by atoms with Crippen LogP contribution < -0.4 is 10.6 Å². The van der Waals surface area contributed by atoms with Gasteiger partial charge in [0.1, 0.15) is 0 Å². The summed E-state index contributed by atoms with van der Waals surface area (Å²) in [6, 6.07) is 15.6. The van der Waals surface area contributed by atoms with Gasteiger partial charge in [0.15, 0.2) is 0 Å². The summed E-state index contributed by atoms with van der Waals surface area (Å²) in [6.07, 6.45) is 0. The monoisotopic (exact) mass is 284 g/mol. The van der Waals surface area contributed by atoms with Gasteiger partial charge in [0.2, 0.25) is 0 Å². The molecular weight excluding hydrogens is 268 g/mol. The van der Waals surface area contributed by atoms with Crippen LogP contribution in [0, 0.1) is 0 Å². The van der Waals surface area contributed by atoms with Crippen molar-refractivity contribution in [2.45, 2.75) is 11.4 Å². The van der Waals surface area contributed by atoms with Crippen molar-refractivity contribution in [1.82, 2.24) is 0 Å². The zero-order valence-electron chi connectivity index (χ0n) is 11.1. The van der Waals surface area contributed by atoms with Crippen molar-refractivity contribution in [2.24, 2.45) is 5.73 Å². The molecule has 3 nitrogen and oxygen atoms in total. The Bertz CT molecular complexity index is 625. The van der Waals surface area contributed by atoms with Crippen LogP contribution in [-0.4, -0.2) is 18.2 Å².